The fourth-order valence-electron chi connectivity index (χ4n) is 3.13. The number of nitrogens with zero attached hydrogens (tertiary/aromatic N) is 3. The summed E-state index contributed by atoms with van der Waals surface area (Å²) in [6.07, 6.45) is 1.49. The number of benzene rings is 1. The van der Waals surface area contributed by atoms with Crippen molar-refractivity contribution in [2.24, 2.45) is 0 Å². The molecule has 2 aromatic rings. The number of nitriles is 1. The Balaban J connectivity index is 1.70. The summed E-state index contributed by atoms with van der Waals surface area (Å²) in [6.45, 7) is 1.94. The molecule has 0 saturated carbocycles. The third-order valence-corrected chi connectivity index (χ3v) is 6.27. The van der Waals surface area contributed by atoms with Gasteiger partial charge in [0.2, 0.25) is 10.0 Å². The van der Waals surface area contributed by atoms with Crippen LogP contribution in [0.5, 0.6) is 5.75 Å². The molecule has 1 aromatic heterocycles. The second kappa shape index (κ2) is 8.93. The van der Waals surface area contributed by atoms with Crippen LogP contribution in [0.3, 0.4) is 0 Å². The molecule has 0 aliphatic carbocycles. The highest BCUT2D eigenvalue weighted by Gasteiger charge is 2.36. The van der Waals surface area contributed by atoms with Gasteiger partial charge in [-0.15, -0.1) is 0 Å². The van der Waals surface area contributed by atoms with Gasteiger partial charge in [-0.2, -0.15) is 5.26 Å². The number of anilines is 1. The van der Waals surface area contributed by atoms with E-state index in [2.05, 4.69) is 9.71 Å². The Hall–Kier alpha value is -2.77. The predicted molar refractivity (Wildman–Crippen MR) is 107 cm³/mol. The van der Waals surface area contributed by atoms with Crippen LogP contribution in [0.25, 0.3) is 0 Å². The largest absolute Gasteiger partial charge is 0.489 e. The second-order valence-corrected chi connectivity index (χ2v) is 8.81. The average molecular weight is 436 g/mol. The molecular formula is C20H22F2N4O3S. The summed E-state index contributed by atoms with van der Waals surface area (Å²) in [5.74, 6) is -0.282. The van der Waals surface area contributed by atoms with Crippen LogP contribution in [0.15, 0.2) is 41.4 Å². The van der Waals surface area contributed by atoms with Crippen molar-refractivity contribution in [3.63, 3.8) is 0 Å². The molecule has 1 aliphatic heterocycles. The first kappa shape index (κ1) is 21.9. The Labute approximate surface area is 174 Å². The highest BCUT2D eigenvalue weighted by molar-refractivity contribution is 7.89. The van der Waals surface area contributed by atoms with Crippen LogP contribution >= 0.6 is 0 Å². The Morgan fingerprint density at radius 3 is 2.70 bits per heavy atom. The summed E-state index contributed by atoms with van der Waals surface area (Å²) in [6, 6.07) is 9.01. The molecule has 0 unspecified atom stereocenters. The van der Waals surface area contributed by atoms with Crippen molar-refractivity contribution in [1.82, 2.24) is 9.71 Å². The van der Waals surface area contributed by atoms with Gasteiger partial charge in [-0.05, 0) is 30.7 Å². The number of para-hydroxylation sites is 1. The van der Waals surface area contributed by atoms with Gasteiger partial charge in [-0.25, -0.2) is 26.9 Å². The first-order chi connectivity index (χ1) is 14.2. The number of ether oxygens (including phenoxy) is 1. The minimum Gasteiger partial charge on any atom is -0.489 e. The monoisotopic (exact) mass is 436 g/mol. The van der Waals surface area contributed by atoms with Crippen LogP contribution in [-0.4, -0.2) is 45.3 Å². The van der Waals surface area contributed by atoms with Gasteiger partial charge in [0.1, 0.15) is 23.4 Å². The maximum Gasteiger partial charge on any atom is 0.244 e. The van der Waals surface area contributed by atoms with Crippen LogP contribution in [-0.2, 0) is 10.0 Å². The molecule has 1 N–H and O–H groups in total. The normalized spacial score (nSPS) is 16.1. The van der Waals surface area contributed by atoms with Gasteiger partial charge in [-0.1, -0.05) is 12.1 Å². The van der Waals surface area contributed by atoms with E-state index in [1.54, 1.807) is 24.0 Å². The van der Waals surface area contributed by atoms with Gasteiger partial charge < -0.3 is 9.64 Å². The third-order valence-electron chi connectivity index (χ3n) is 4.80. The van der Waals surface area contributed by atoms with Crippen molar-refractivity contribution in [1.29, 1.82) is 5.26 Å². The van der Waals surface area contributed by atoms with Crippen LogP contribution in [0.4, 0.5) is 14.6 Å². The van der Waals surface area contributed by atoms with E-state index >= 15 is 0 Å². The van der Waals surface area contributed by atoms with E-state index in [1.165, 1.54) is 30.5 Å². The second-order valence-electron chi connectivity index (χ2n) is 7.08. The summed E-state index contributed by atoms with van der Waals surface area (Å²) in [5, 5.41) is 8.95. The molecule has 7 nitrogen and oxygen atoms in total. The molecule has 3 rings (SSSR count). The predicted octanol–water partition coefficient (Wildman–Crippen LogP) is 2.72. The number of halogens is 2. The van der Waals surface area contributed by atoms with Crippen molar-refractivity contribution in [3.8, 4) is 11.8 Å². The van der Waals surface area contributed by atoms with Gasteiger partial charge in [0.15, 0.2) is 17.2 Å². The molecule has 1 aromatic carbocycles. The Bertz CT molecular complexity index is 1050. The maximum atomic E-state index is 14.2. The van der Waals surface area contributed by atoms with Gasteiger partial charge in [0, 0.05) is 38.7 Å². The zero-order valence-electron chi connectivity index (χ0n) is 16.4. The molecule has 30 heavy (non-hydrogen) atoms. The number of nitrogens with one attached hydrogen (secondary N) is 1. The number of sulfonamides is 1. The number of rotatable bonds is 7. The Morgan fingerprint density at radius 2 is 2.03 bits per heavy atom. The standard InChI is InChI=1S/C20H22F2N4O3S/c1-15-12-18(19(24-13-15)26-9-6-20(22,14-23)7-10-26)30(27,28)25-8-11-29-17-5-3-2-4-16(17)21/h2-5,12-13,25H,6-11H2,1H3. The molecule has 1 fully saturated rings. The molecule has 0 amide bonds. The average Bonchev–Trinajstić information content (AvgIpc) is 2.73. The molecule has 1 saturated heterocycles. The van der Waals surface area contributed by atoms with Crippen molar-refractivity contribution in [3.05, 3.63) is 47.9 Å². The summed E-state index contributed by atoms with van der Waals surface area (Å²) in [7, 11) is -3.95. The molecule has 0 atom stereocenters. The van der Waals surface area contributed by atoms with Crippen molar-refractivity contribution in [2.75, 3.05) is 31.1 Å². The van der Waals surface area contributed by atoms with Crippen LogP contribution in [0.2, 0.25) is 0 Å². The minimum atomic E-state index is -3.95. The van der Waals surface area contributed by atoms with Crippen LogP contribution in [0.1, 0.15) is 18.4 Å². The minimum absolute atomic E-state index is 0.0253. The molecular weight excluding hydrogens is 414 g/mol. The number of aryl methyl sites for hydroxylation is 1. The molecule has 0 bridgehead atoms. The van der Waals surface area contributed by atoms with Gasteiger partial charge in [-0.3, -0.25) is 0 Å². The molecule has 2 heterocycles. The topological polar surface area (TPSA) is 95.3 Å². The van der Waals surface area contributed by atoms with E-state index < -0.39 is 21.5 Å². The molecule has 160 valence electrons. The number of aromatic nitrogens is 1. The highest BCUT2D eigenvalue weighted by Crippen LogP contribution is 2.31. The van der Waals surface area contributed by atoms with Crippen molar-refractivity contribution < 1.29 is 21.9 Å². The van der Waals surface area contributed by atoms with E-state index in [-0.39, 0.29) is 55.5 Å². The lowest BCUT2D eigenvalue weighted by Gasteiger charge is -2.34. The summed E-state index contributed by atoms with van der Waals surface area (Å²) >= 11 is 0. The molecule has 0 spiro atoms. The zero-order valence-corrected chi connectivity index (χ0v) is 17.3. The number of pyridine rings is 1. The lowest BCUT2D eigenvalue weighted by molar-refractivity contribution is 0.193. The Kier molecular flexibility index (Phi) is 6.53. The Morgan fingerprint density at radius 1 is 1.33 bits per heavy atom. The first-order valence-corrected chi connectivity index (χ1v) is 10.9. The maximum absolute atomic E-state index is 14.2. The summed E-state index contributed by atoms with van der Waals surface area (Å²) in [4.78, 5) is 5.88. The summed E-state index contributed by atoms with van der Waals surface area (Å²) < 4.78 is 61.2. The van der Waals surface area contributed by atoms with Gasteiger partial charge in [0.05, 0.1) is 0 Å². The van der Waals surface area contributed by atoms with E-state index in [1.807, 2.05) is 0 Å². The van der Waals surface area contributed by atoms with Crippen molar-refractivity contribution in [2.45, 2.75) is 30.3 Å². The van der Waals surface area contributed by atoms with Gasteiger partial charge in [0.25, 0.3) is 0 Å². The smallest absolute Gasteiger partial charge is 0.244 e. The van der Waals surface area contributed by atoms with Crippen LogP contribution in [0, 0.1) is 24.1 Å². The highest BCUT2D eigenvalue weighted by atomic mass is 32.2. The first-order valence-electron chi connectivity index (χ1n) is 9.43. The summed E-state index contributed by atoms with van der Waals surface area (Å²) in [5.41, 5.74) is -1.25. The van der Waals surface area contributed by atoms with E-state index in [0.29, 0.717) is 5.56 Å². The van der Waals surface area contributed by atoms with E-state index in [0.717, 1.165) is 0 Å². The van der Waals surface area contributed by atoms with Crippen LogP contribution < -0.4 is 14.4 Å². The fraction of sp³-hybridized carbons (Fsp3) is 0.400. The lowest BCUT2D eigenvalue weighted by atomic mass is 9.95. The molecule has 0 radical (unpaired) electrons. The van der Waals surface area contributed by atoms with Gasteiger partial charge >= 0.3 is 0 Å². The quantitative estimate of drug-likeness (QED) is 0.671. The van der Waals surface area contributed by atoms with E-state index in [4.69, 9.17) is 10.00 Å². The number of alkyl halides is 1. The van der Waals surface area contributed by atoms with Crippen molar-refractivity contribution >= 4 is 15.8 Å². The fourth-order valence-corrected chi connectivity index (χ4v) is 4.40. The number of hydrogen-bond donors (Lipinski definition) is 1. The SMILES string of the molecule is Cc1cnc(N2CCC(F)(C#N)CC2)c(S(=O)(=O)NCCOc2ccccc2F)c1. The molecule has 10 heteroatoms. The lowest BCUT2D eigenvalue weighted by Crippen LogP contribution is -2.42. The molecule has 1 aliphatic rings. The zero-order chi connectivity index (χ0) is 21.8. The third kappa shape index (κ3) is 5.04. The number of hydrogen-bond acceptors (Lipinski definition) is 6. The van der Waals surface area contributed by atoms with E-state index in [9.17, 15) is 17.2 Å². The number of piperidine rings is 1.